The monoisotopic (exact) mass is 285 g/mol. The second kappa shape index (κ2) is 5.02. The van der Waals surface area contributed by atoms with E-state index in [2.05, 4.69) is 10.3 Å². The summed E-state index contributed by atoms with van der Waals surface area (Å²) in [7, 11) is 1.67. The van der Waals surface area contributed by atoms with Gasteiger partial charge in [0, 0.05) is 11.4 Å². The minimum atomic E-state index is 0.757. The number of nitrogen functional groups attached to an aromatic ring is 1. The summed E-state index contributed by atoms with van der Waals surface area (Å²) in [6, 6.07) is 11.7. The molecule has 0 radical (unpaired) electrons. The second-order valence-electron chi connectivity index (χ2n) is 4.56. The molecule has 1 heterocycles. The second-order valence-corrected chi connectivity index (χ2v) is 5.59. The number of aromatic nitrogens is 1. The fraction of sp³-hybridized carbons (Fsp3) is 0.133. The summed E-state index contributed by atoms with van der Waals surface area (Å²) in [6.07, 6.45) is 0. The maximum absolute atomic E-state index is 5.78. The summed E-state index contributed by atoms with van der Waals surface area (Å²) in [4.78, 5) is 4.54. The first-order valence-corrected chi connectivity index (χ1v) is 7.05. The third-order valence-corrected chi connectivity index (χ3v) is 3.99. The number of aryl methyl sites for hydroxylation is 1. The Morgan fingerprint density at radius 2 is 2.05 bits per heavy atom. The van der Waals surface area contributed by atoms with E-state index in [0.717, 1.165) is 38.0 Å². The average Bonchev–Trinajstić information content (AvgIpc) is 2.80. The number of benzene rings is 2. The van der Waals surface area contributed by atoms with Crippen molar-refractivity contribution in [3.8, 4) is 5.75 Å². The third kappa shape index (κ3) is 2.40. The molecule has 0 saturated carbocycles. The zero-order valence-corrected chi connectivity index (χ0v) is 12.1. The standard InChI is InChI=1S/C15H15N3OS/c1-9-7-11(4-6-13(9)19-2)17-15-18-12-5-3-10(16)8-14(12)20-15/h3-8H,16H2,1-2H3,(H,17,18). The Morgan fingerprint density at radius 3 is 2.80 bits per heavy atom. The number of rotatable bonds is 3. The number of methoxy groups -OCH3 is 1. The van der Waals surface area contributed by atoms with Crippen LogP contribution >= 0.6 is 11.3 Å². The highest BCUT2D eigenvalue weighted by Crippen LogP contribution is 2.30. The molecule has 0 spiro atoms. The molecule has 20 heavy (non-hydrogen) atoms. The Labute approximate surface area is 121 Å². The van der Waals surface area contributed by atoms with E-state index in [-0.39, 0.29) is 0 Å². The van der Waals surface area contributed by atoms with E-state index >= 15 is 0 Å². The average molecular weight is 285 g/mol. The molecular weight excluding hydrogens is 270 g/mol. The van der Waals surface area contributed by atoms with Gasteiger partial charge >= 0.3 is 0 Å². The van der Waals surface area contributed by atoms with Gasteiger partial charge in [-0.2, -0.15) is 0 Å². The highest BCUT2D eigenvalue weighted by atomic mass is 32.1. The molecule has 0 amide bonds. The molecule has 0 aliphatic carbocycles. The van der Waals surface area contributed by atoms with Crippen LogP contribution in [0.25, 0.3) is 10.2 Å². The minimum absolute atomic E-state index is 0.757. The number of hydrogen-bond donors (Lipinski definition) is 2. The normalized spacial score (nSPS) is 10.7. The van der Waals surface area contributed by atoms with Crippen molar-refractivity contribution in [2.45, 2.75) is 6.92 Å². The summed E-state index contributed by atoms with van der Waals surface area (Å²) in [5.74, 6) is 0.882. The number of ether oxygens (including phenoxy) is 1. The zero-order valence-electron chi connectivity index (χ0n) is 11.3. The van der Waals surface area contributed by atoms with Crippen molar-refractivity contribution >= 4 is 38.1 Å². The lowest BCUT2D eigenvalue weighted by Gasteiger charge is -2.07. The van der Waals surface area contributed by atoms with Crippen molar-refractivity contribution in [1.82, 2.24) is 4.98 Å². The van der Waals surface area contributed by atoms with Gasteiger partial charge in [0.25, 0.3) is 0 Å². The smallest absolute Gasteiger partial charge is 0.188 e. The van der Waals surface area contributed by atoms with Crippen LogP contribution in [0.5, 0.6) is 5.75 Å². The molecule has 3 aromatic rings. The Hall–Kier alpha value is -2.27. The van der Waals surface area contributed by atoms with Crippen LogP contribution < -0.4 is 15.8 Å². The van der Waals surface area contributed by atoms with Gasteiger partial charge < -0.3 is 15.8 Å². The van der Waals surface area contributed by atoms with Gasteiger partial charge in [-0.05, 0) is 48.9 Å². The Kier molecular flexibility index (Phi) is 3.20. The van der Waals surface area contributed by atoms with E-state index in [9.17, 15) is 0 Å². The van der Waals surface area contributed by atoms with Gasteiger partial charge in [0.15, 0.2) is 5.13 Å². The lowest BCUT2D eigenvalue weighted by Crippen LogP contribution is -1.92. The highest BCUT2D eigenvalue weighted by Gasteiger charge is 2.05. The first kappa shape index (κ1) is 12.7. The Balaban J connectivity index is 1.90. The number of hydrogen-bond acceptors (Lipinski definition) is 5. The van der Waals surface area contributed by atoms with Gasteiger partial charge in [0.1, 0.15) is 5.75 Å². The molecule has 2 aromatic carbocycles. The molecule has 0 bridgehead atoms. The van der Waals surface area contributed by atoms with Crippen LogP contribution in [-0.4, -0.2) is 12.1 Å². The maximum Gasteiger partial charge on any atom is 0.188 e. The van der Waals surface area contributed by atoms with Crippen molar-refractivity contribution < 1.29 is 4.74 Å². The summed E-state index contributed by atoms with van der Waals surface area (Å²) in [6.45, 7) is 2.02. The van der Waals surface area contributed by atoms with Gasteiger partial charge in [-0.1, -0.05) is 11.3 Å². The number of fused-ring (bicyclic) bond motifs is 1. The maximum atomic E-state index is 5.78. The van der Waals surface area contributed by atoms with E-state index in [1.807, 2.05) is 43.3 Å². The molecular formula is C15H15N3OS. The first-order chi connectivity index (χ1) is 9.65. The van der Waals surface area contributed by atoms with Crippen LogP contribution in [0.1, 0.15) is 5.56 Å². The summed E-state index contributed by atoms with van der Waals surface area (Å²) < 4.78 is 6.34. The van der Waals surface area contributed by atoms with E-state index in [1.165, 1.54) is 0 Å². The van der Waals surface area contributed by atoms with E-state index in [0.29, 0.717) is 0 Å². The largest absolute Gasteiger partial charge is 0.496 e. The van der Waals surface area contributed by atoms with Crippen molar-refractivity contribution in [3.05, 3.63) is 42.0 Å². The van der Waals surface area contributed by atoms with Gasteiger partial charge in [0.05, 0.1) is 17.3 Å². The number of nitrogens with one attached hydrogen (secondary N) is 1. The fourth-order valence-corrected chi connectivity index (χ4v) is 3.01. The predicted octanol–water partition coefficient (Wildman–Crippen LogP) is 3.94. The predicted molar refractivity (Wildman–Crippen MR) is 85.0 cm³/mol. The van der Waals surface area contributed by atoms with Crippen LogP contribution in [-0.2, 0) is 0 Å². The topological polar surface area (TPSA) is 60.2 Å². The van der Waals surface area contributed by atoms with E-state index in [4.69, 9.17) is 10.5 Å². The zero-order chi connectivity index (χ0) is 14.1. The number of nitrogens with two attached hydrogens (primary N) is 1. The molecule has 4 nitrogen and oxygen atoms in total. The fourth-order valence-electron chi connectivity index (χ4n) is 2.07. The van der Waals surface area contributed by atoms with Crippen molar-refractivity contribution in [2.24, 2.45) is 0 Å². The van der Waals surface area contributed by atoms with Crippen molar-refractivity contribution in [2.75, 3.05) is 18.2 Å². The number of anilines is 3. The molecule has 0 unspecified atom stereocenters. The molecule has 3 N–H and O–H groups in total. The number of thiazole rings is 1. The molecule has 3 rings (SSSR count). The van der Waals surface area contributed by atoms with Crippen molar-refractivity contribution in [3.63, 3.8) is 0 Å². The highest BCUT2D eigenvalue weighted by molar-refractivity contribution is 7.22. The van der Waals surface area contributed by atoms with Crippen LogP contribution in [0.4, 0.5) is 16.5 Å². The summed E-state index contributed by atoms with van der Waals surface area (Å²) in [5, 5.41) is 4.17. The Morgan fingerprint density at radius 1 is 1.20 bits per heavy atom. The quantitative estimate of drug-likeness (QED) is 0.716. The lowest BCUT2D eigenvalue weighted by molar-refractivity contribution is 0.412. The molecule has 0 saturated heterocycles. The third-order valence-electron chi connectivity index (χ3n) is 3.06. The molecule has 0 aliphatic heterocycles. The van der Waals surface area contributed by atoms with Gasteiger partial charge in [-0.15, -0.1) is 0 Å². The molecule has 102 valence electrons. The minimum Gasteiger partial charge on any atom is -0.496 e. The molecule has 5 heteroatoms. The van der Waals surface area contributed by atoms with Crippen LogP contribution in [0.15, 0.2) is 36.4 Å². The SMILES string of the molecule is COc1ccc(Nc2nc3ccc(N)cc3s2)cc1C. The van der Waals surface area contributed by atoms with Crippen molar-refractivity contribution in [1.29, 1.82) is 0 Å². The molecule has 0 atom stereocenters. The van der Waals surface area contributed by atoms with Gasteiger partial charge in [-0.3, -0.25) is 0 Å². The molecule has 0 fully saturated rings. The van der Waals surface area contributed by atoms with Crippen LogP contribution in [0, 0.1) is 6.92 Å². The molecule has 1 aromatic heterocycles. The summed E-state index contributed by atoms with van der Waals surface area (Å²) in [5.41, 5.74) is 9.58. The number of nitrogens with zero attached hydrogens (tertiary/aromatic N) is 1. The summed E-state index contributed by atoms with van der Waals surface area (Å²) >= 11 is 1.59. The van der Waals surface area contributed by atoms with Crippen LogP contribution in [0.3, 0.4) is 0 Å². The first-order valence-electron chi connectivity index (χ1n) is 6.23. The molecule has 0 aliphatic rings. The van der Waals surface area contributed by atoms with Crippen LogP contribution in [0.2, 0.25) is 0 Å². The van der Waals surface area contributed by atoms with Gasteiger partial charge in [0.2, 0.25) is 0 Å². The Bertz CT molecular complexity index is 767. The van der Waals surface area contributed by atoms with E-state index < -0.39 is 0 Å². The lowest BCUT2D eigenvalue weighted by atomic mass is 10.2. The van der Waals surface area contributed by atoms with Gasteiger partial charge in [-0.25, -0.2) is 4.98 Å². The van der Waals surface area contributed by atoms with E-state index in [1.54, 1.807) is 18.4 Å².